The van der Waals surface area contributed by atoms with Crippen LogP contribution in [0.25, 0.3) is 22.2 Å². The molecule has 1 aliphatic heterocycles. The molecule has 0 saturated heterocycles. The number of rotatable bonds is 1. The molecule has 0 radical (unpaired) electrons. The standard InChI is InChI=1S/C16H16N4/c1-20-10-19-15-3-2-11(7-16(15)20)12-6-13-8-17-5-4-14(13)18-9-12/h2-3,6-7,9-10,17H,4-5,8H2,1H3. The zero-order valence-electron chi connectivity index (χ0n) is 11.4. The minimum Gasteiger partial charge on any atom is -0.334 e. The molecule has 20 heavy (non-hydrogen) atoms. The second-order valence-electron chi connectivity index (χ2n) is 5.32. The Morgan fingerprint density at radius 1 is 1.15 bits per heavy atom. The molecule has 0 aliphatic carbocycles. The minimum absolute atomic E-state index is 0.921. The van der Waals surface area contributed by atoms with Gasteiger partial charge in [-0.15, -0.1) is 0 Å². The van der Waals surface area contributed by atoms with Crippen molar-refractivity contribution in [2.24, 2.45) is 7.05 Å². The van der Waals surface area contributed by atoms with Gasteiger partial charge < -0.3 is 9.88 Å². The van der Waals surface area contributed by atoms with Gasteiger partial charge in [-0.2, -0.15) is 0 Å². The lowest BCUT2D eigenvalue weighted by atomic mass is 10.0. The zero-order chi connectivity index (χ0) is 13.5. The fourth-order valence-corrected chi connectivity index (χ4v) is 2.81. The number of hydrogen-bond acceptors (Lipinski definition) is 3. The molecule has 3 aromatic rings. The van der Waals surface area contributed by atoms with Crippen LogP contribution < -0.4 is 5.32 Å². The molecule has 4 rings (SSSR count). The first kappa shape index (κ1) is 11.6. The Hall–Kier alpha value is -2.20. The SMILES string of the molecule is Cn1cnc2ccc(-c3cnc4c(c3)CNCC4)cc21. The molecule has 3 heterocycles. The van der Waals surface area contributed by atoms with E-state index in [1.54, 1.807) is 0 Å². The summed E-state index contributed by atoms with van der Waals surface area (Å²) in [6.45, 7) is 1.95. The van der Waals surface area contributed by atoms with Gasteiger partial charge in [0.2, 0.25) is 0 Å². The van der Waals surface area contributed by atoms with E-state index in [1.165, 1.54) is 22.4 Å². The summed E-state index contributed by atoms with van der Waals surface area (Å²) in [7, 11) is 2.02. The largest absolute Gasteiger partial charge is 0.334 e. The molecular formula is C16H16N4. The summed E-state index contributed by atoms with van der Waals surface area (Å²) in [6.07, 6.45) is 4.86. The van der Waals surface area contributed by atoms with Crippen LogP contribution in [0.5, 0.6) is 0 Å². The molecule has 1 aromatic carbocycles. The Morgan fingerprint density at radius 3 is 3.05 bits per heavy atom. The Bertz CT molecular complexity index is 788. The van der Waals surface area contributed by atoms with E-state index in [-0.39, 0.29) is 0 Å². The van der Waals surface area contributed by atoms with Crippen molar-refractivity contribution < 1.29 is 0 Å². The van der Waals surface area contributed by atoms with Gasteiger partial charge in [-0.1, -0.05) is 6.07 Å². The summed E-state index contributed by atoms with van der Waals surface area (Å²) in [4.78, 5) is 8.98. The molecular weight excluding hydrogens is 248 g/mol. The van der Waals surface area contributed by atoms with Gasteiger partial charge in [0.05, 0.1) is 17.4 Å². The van der Waals surface area contributed by atoms with Gasteiger partial charge in [-0.25, -0.2) is 4.98 Å². The second kappa shape index (κ2) is 4.42. The third kappa shape index (κ3) is 1.80. The number of nitrogens with zero attached hydrogens (tertiary/aromatic N) is 3. The fourth-order valence-electron chi connectivity index (χ4n) is 2.81. The first-order valence-corrected chi connectivity index (χ1v) is 6.91. The monoisotopic (exact) mass is 264 g/mol. The van der Waals surface area contributed by atoms with Crippen molar-refractivity contribution >= 4 is 11.0 Å². The lowest BCUT2D eigenvalue weighted by molar-refractivity contribution is 0.630. The van der Waals surface area contributed by atoms with E-state index in [4.69, 9.17) is 0 Å². The van der Waals surface area contributed by atoms with Gasteiger partial charge >= 0.3 is 0 Å². The number of aryl methyl sites for hydroxylation is 1. The van der Waals surface area contributed by atoms with E-state index in [9.17, 15) is 0 Å². The van der Waals surface area contributed by atoms with Gasteiger partial charge in [0, 0.05) is 44.0 Å². The summed E-state index contributed by atoms with van der Waals surface area (Å²) in [5, 5.41) is 3.40. The zero-order valence-corrected chi connectivity index (χ0v) is 11.4. The minimum atomic E-state index is 0.921. The molecule has 0 saturated carbocycles. The molecule has 4 heteroatoms. The maximum atomic E-state index is 4.62. The number of aromatic nitrogens is 3. The molecule has 1 aliphatic rings. The number of benzene rings is 1. The molecule has 0 atom stereocenters. The van der Waals surface area contributed by atoms with Crippen LogP contribution in [0.15, 0.2) is 36.8 Å². The first-order valence-electron chi connectivity index (χ1n) is 6.91. The summed E-state index contributed by atoms with van der Waals surface area (Å²) in [5.41, 5.74) is 7.10. The Morgan fingerprint density at radius 2 is 2.10 bits per heavy atom. The van der Waals surface area contributed by atoms with Crippen molar-refractivity contribution in [3.05, 3.63) is 48.0 Å². The second-order valence-corrected chi connectivity index (χ2v) is 5.32. The predicted octanol–water partition coefficient (Wildman–Crippen LogP) is 2.28. The fraction of sp³-hybridized carbons (Fsp3) is 0.250. The van der Waals surface area contributed by atoms with Crippen LogP contribution in [0.3, 0.4) is 0 Å². The van der Waals surface area contributed by atoms with Crippen LogP contribution in [0.4, 0.5) is 0 Å². The first-order chi connectivity index (χ1) is 9.81. The van der Waals surface area contributed by atoms with Crippen LogP contribution in [0.2, 0.25) is 0 Å². The van der Waals surface area contributed by atoms with Gasteiger partial charge in [0.1, 0.15) is 0 Å². The van der Waals surface area contributed by atoms with Gasteiger partial charge in [-0.3, -0.25) is 4.98 Å². The van der Waals surface area contributed by atoms with Crippen LogP contribution >= 0.6 is 0 Å². The number of fused-ring (bicyclic) bond motifs is 2. The summed E-state index contributed by atoms with van der Waals surface area (Å²) in [6, 6.07) is 8.63. The Labute approximate surface area is 117 Å². The van der Waals surface area contributed by atoms with Crippen LogP contribution in [-0.4, -0.2) is 21.1 Å². The van der Waals surface area contributed by atoms with Crippen molar-refractivity contribution in [1.29, 1.82) is 0 Å². The molecule has 2 aromatic heterocycles. The van der Waals surface area contributed by atoms with Crippen LogP contribution in [0.1, 0.15) is 11.3 Å². The quantitative estimate of drug-likeness (QED) is 0.733. The topological polar surface area (TPSA) is 42.7 Å². The Kier molecular flexibility index (Phi) is 2.57. The molecule has 100 valence electrons. The maximum absolute atomic E-state index is 4.62. The highest BCUT2D eigenvalue weighted by atomic mass is 15.0. The van der Waals surface area contributed by atoms with Gasteiger partial charge in [0.25, 0.3) is 0 Å². The normalized spacial score (nSPS) is 14.4. The van der Waals surface area contributed by atoms with Crippen molar-refractivity contribution in [2.75, 3.05) is 6.54 Å². The molecule has 1 N–H and O–H groups in total. The van der Waals surface area contributed by atoms with Crippen molar-refractivity contribution in [1.82, 2.24) is 19.9 Å². The highest BCUT2D eigenvalue weighted by Gasteiger charge is 2.11. The third-order valence-electron chi connectivity index (χ3n) is 3.97. The molecule has 0 fully saturated rings. The lowest BCUT2D eigenvalue weighted by Crippen LogP contribution is -2.24. The van der Waals surface area contributed by atoms with Crippen molar-refractivity contribution in [3.8, 4) is 11.1 Å². The van der Waals surface area contributed by atoms with E-state index in [1.807, 2.05) is 24.1 Å². The smallest absolute Gasteiger partial charge is 0.0955 e. The highest BCUT2D eigenvalue weighted by molar-refractivity contribution is 5.82. The van der Waals surface area contributed by atoms with E-state index < -0.39 is 0 Å². The average Bonchev–Trinajstić information content (AvgIpc) is 2.88. The van der Waals surface area contributed by atoms with E-state index >= 15 is 0 Å². The number of hydrogen-bond donors (Lipinski definition) is 1. The van der Waals surface area contributed by atoms with Crippen molar-refractivity contribution in [2.45, 2.75) is 13.0 Å². The summed E-state index contributed by atoms with van der Waals surface area (Å²) >= 11 is 0. The average molecular weight is 264 g/mol. The Balaban J connectivity index is 1.83. The van der Waals surface area contributed by atoms with Gasteiger partial charge in [0.15, 0.2) is 0 Å². The summed E-state index contributed by atoms with van der Waals surface area (Å²) in [5.74, 6) is 0. The molecule has 4 nitrogen and oxygen atoms in total. The molecule has 0 unspecified atom stereocenters. The molecule has 0 spiro atoms. The maximum Gasteiger partial charge on any atom is 0.0955 e. The van der Waals surface area contributed by atoms with E-state index in [0.717, 1.165) is 30.5 Å². The predicted molar refractivity (Wildman–Crippen MR) is 79.4 cm³/mol. The van der Waals surface area contributed by atoms with E-state index in [0.29, 0.717) is 0 Å². The summed E-state index contributed by atoms with van der Waals surface area (Å²) < 4.78 is 2.05. The molecule has 0 bridgehead atoms. The number of pyridine rings is 1. The van der Waals surface area contributed by atoms with Crippen LogP contribution in [-0.2, 0) is 20.0 Å². The number of imidazole rings is 1. The lowest BCUT2D eigenvalue weighted by Gasteiger charge is -2.16. The van der Waals surface area contributed by atoms with Gasteiger partial charge in [-0.05, 0) is 29.3 Å². The molecule has 0 amide bonds. The highest BCUT2D eigenvalue weighted by Crippen LogP contribution is 2.25. The third-order valence-corrected chi connectivity index (χ3v) is 3.97. The van der Waals surface area contributed by atoms with E-state index in [2.05, 4.69) is 39.6 Å². The van der Waals surface area contributed by atoms with Crippen LogP contribution in [0, 0.1) is 0 Å². The van der Waals surface area contributed by atoms with Crippen molar-refractivity contribution in [3.63, 3.8) is 0 Å². The number of nitrogens with one attached hydrogen (secondary N) is 1.